The summed E-state index contributed by atoms with van der Waals surface area (Å²) in [7, 11) is 1.50. The number of anilines is 1. The molecule has 2 atom stereocenters. The Balaban J connectivity index is 2.09. The van der Waals surface area contributed by atoms with E-state index < -0.39 is 0 Å². The first kappa shape index (κ1) is 12.3. The molecule has 2 N–H and O–H groups in total. The SMILES string of the molecule is COc1nc(Cl)nc(NC2CCCNC2C)n1. The summed E-state index contributed by atoms with van der Waals surface area (Å²) in [5, 5.41) is 6.79. The molecule has 0 aliphatic carbocycles. The Morgan fingerprint density at radius 1 is 1.41 bits per heavy atom. The van der Waals surface area contributed by atoms with Gasteiger partial charge in [0.2, 0.25) is 11.2 Å². The Morgan fingerprint density at radius 2 is 2.24 bits per heavy atom. The molecule has 1 aromatic rings. The molecule has 0 radical (unpaired) electrons. The summed E-state index contributed by atoms with van der Waals surface area (Å²) in [6, 6.07) is 0.904. The number of hydrogen-bond donors (Lipinski definition) is 2. The topological polar surface area (TPSA) is 72.0 Å². The van der Waals surface area contributed by atoms with Crippen molar-refractivity contribution < 1.29 is 4.74 Å². The highest BCUT2D eigenvalue weighted by Gasteiger charge is 2.21. The third-order valence-electron chi connectivity index (χ3n) is 2.85. The van der Waals surface area contributed by atoms with E-state index in [4.69, 9.17) is 16.3 Å². The van der Waals surface area contributed by atoms with Gasteiger partial charge in [0.25, 0.3) is 0 Å². The van der Waals surface area contributed by atoms with Crippen molar-refractivity contribution in [3.8, 4) is 6.01 Å². The molecule has 2 heterocycles. The molecule has 0 amide bonds. The Morgan fingerprint density at radius 3 is 2.94 bits per heavy atom. The smallest absolute Gasteiger partial charge is 0.322 e. The largest absolute Gasteiger partial charge is 0.467 e. The van der Waals surface area contributed by atoms with E-state index in [1.165, 1.54) is 7.11 Å². The molecular formula is C10H16ClN5O. The first-order valence-electron chi connectivity index (χ1n) is 5.64. The number of nitrogens with one attached hydrogen (secondary N) is 2. The van der Waals surface area contributed by atoms with Crippen molar-refractivity contribution in [2.75, 3.05) is 19.0 Å². The molecular weight excluding hydrogens is 242 g/mol. The van der Waals surface area contributed by atoms with E-state index in [0.717, 1.165) is 19.4 Å². The zero-order chi connectivity index (χ0) is 12.3. The summed E-state index contributed by atoms with van der Waals surface area (Å²) < 4.78 is 4.95. The predicted molar refractivity (Wildman–Crippen MR) is 65.5 cm³/mol. The summed E-state index contributed by atoms with van der Waals surface area (Å²) >= 11 is 5.78. The lowest BCUT2D eigenvalue weighted by Crippen LogP contribution is -2.46. The molecule has 1 aliphatic heterocycles. The normalized spacial score (nSPS) is 24.4. The number of aromatic nitrogens is 3. The van der Waals surface area contributed by atoms with E-state index in [0.29, 0.717) is 18.0 Å². The molecule has 1 aromatic heterocycles. The van der Waals surface area contributed by atoms with Crippen LogP contribution in [0.15, 0.2) is 0 Å². The zero-order valence-electron chi connectivity index (χ0n) is 9.90. The third-order valence-corrected chi connectivity index (χ3v) is 3.02. The van der Waals surface area contributed by atoms with Crippen molar-refractivity contribution in [1.82, 2.24) is 20.3 Å². The Labute approximate surface area is 105 Å². The highest BCUT2D eigenvalue weighted by molar-refractivity contribution is 6.28. The van der Waals surface area contributed by atoms with Crippen LogP contribution in [0.5, 0.6) is 6.01 Å². The minimum Gasteiger partial charge on any atom is -0.467 e. The quantitative estimate of drug-likeness (QED) is 0.845. The number of halogens is 1. The Bertz CT molecular complexity index is 389. The fourth-order valence-corrected chi connectivity index (χ4v) is 2.05. The molecule has 1 fully saturated rings. The first-order chi connectivity index (χ1) is 8.19. The van der Waals surface area contributed by atoms with Crippen molar-refractivity contribution in [3.05, 3.63) is 5.28 Å². The first-order valence-corrected chi connectivity index (χ1v) is 6.02. The van der Waals surface area contributed by atoms with E-state index in [-0.39, 0.29) is 11.3 Å². The number of piperidine rings is 1. The lowest BCUT2D eigenvalue weighted by Gasteiger charge is -2.30. The van der Waals surface area contributed by atoms with Crippen LogP contribution in [0.1, 0.15) is 19.8 Å². The van der Waals surface area contributed by atoms with E-state index in [1.807, 2.05) is 0 Å². The maximum atomic E-state index is 5.78. The lowest BCUT2D eigenvalue weighted by molar-refractivity contribution is 0.373. The van der Waals surface area contributed by atoms with Gasteiger partial charge in [-0.2, -0.15) is 15.0 Å². The van der Waals surface area contributed by atoms with Crippen LogP contribution in [0, 0.1) is 0 Å². The van der Waals surface area contributed by atoms with Crippen LogP contribution in [-0.4, -0.2) is 40.7 Å². The number of hydrogen-bond acceptors (Lipinski definition) is 6. The summed E-state index contributed by atoms with van der Waals surface area (Å²) in [5.41, 5.74) is 0. The van der Waals surface area contributed by atoms with E-state index >= 15 is 0 Å². The number of methoxy groups -OCH3 is 1. The standard InChI is InChI=1S/C10H16ClN5O/c1-6-7(4-3-5-12-6)13-9-14-8(11)15-10(16-9)17-2/h6-7,12H,3-5H2,1-2H3,(H,13,14,15,16). The van der Waals surface area contributed by atoms with Gasteiger partial charge >= 0.3 is 6.01 Å². The van der Waals surface area contributed by atoms with Gasteiger partial charge in [-0.1, -0.05) is 0 Å². The highest BCUT2D eigenvalue weighted by atomic mass is 35.5. The highest BCUT2D eigenvalue weighted by Crippen LogP contribution is 2.16. The summed E-state index contributed by atoms with van der Waals surface area (Å²) in [5.74, 6) is 0.461. The van der Waals surface area contributed by atoms with Crippen LogP contribution < -0.4 is 15.4 Å². The van der Waals surface area contributed by atoms with Gasteiger partial charge in [-0.3, -0.25) is 0 Å². The molecule has 1 aliphatic rings. The summed E-state index contributed by atoms with van der Waals surface area (Å²) in [6.45, 7) is 3.19. The molecule has 0 aromatic carbocycles. The van der Waals surface area contributed by atoms with Crippen molar-refractivity contribution in [2.45, 2.75) is 31.8 Å². The second-order valence-electron chi connectivity index (χ2n) is 4.05. The van der Waals surface area contributed by atoms with Gasteiger partial charge in [-0.15, -0.1) is 0 Å². The monoisotopic (exact) mass is 257 g/mol. The van der Waals surface area contributed by atoms with Crippen LogP contribution in [0.3, 0.4) is 0 Å². The van der Waals surface area contributed by atoms with E-state index in [1.54, 1.807) is 0 Å². The molecule has 2 rings (SSSR count). The van der Waals surface area contributed by atoms with Crippen LogP contribution in [-0.2, 0) is 0 Å². The third kappa shape index (κ3) is 3.17. The fraction of sp³-hybridized carbons (Fsp3) is 0.700. The average molecular weight is 258 g/mol. The van der Waals surface area contributed by atoms with Gasteiger partial charge in [-0.25, -0.2) is 0 Å². The van der Waals surface area contributed by atoms with Gasteiger partial charge in [0.05, 0.1) is 7.11 Å². The average Bonchev–Trinajstić information content (AvgIpc) is 2.31. The summed E-state index contributed by atoms with van der Waals surface area (Å²) in [6.07, 6.45) is 2.22. The molecule has 0 spiro atoms. The van der Waals surface area contributed by atoms with Crippen molar-refractivity contribution >= 4 is 17.5 Å². The molecule has 17 heavy (non-hydrogen) atoms. The maximum Gasteiger partial charge on any atom is 0.322 e. The molecule has 7 heteroatoms. The molecule has 0 saturated carbocycles. The van der Waals surface area contributed by atoms with Gasteiger partial charge in [0.1, 0.15) is 0 Å². The van der Waals surface area contributed by atoms with Gasteiger partial charge in [-0.05, 0) is 37.9 Å². The van der Waals surface area contributed by atoms with E-state index in [2.05, 4.69) is 32.5 Å². The van der Waals surface area contributed by atoms with Gasteiger partial charge < -0.3 is 15.4 Å². The second kappa shape index (κ2) is 5.46. The Hall–Kier alpha value is -1.14. The van der Waals surface area contributed by atoms with Crippen molar-refractivity contribution in [3.63, 3.8) is 0 Å². The maximum absolute atomic E-state index is 5.78. The minimum atomic E-state index is 0.135. The van der Waals surface area contributed by atoms with Crippen LogP contribution in [0.25, 0.3) is 0 Å². The molecule has 1 saturated heterocycles. The van der Waals surface area contributed by atoms with Crippen LogP contribution in [0.4, 0.5) is 5.95 Å². The van der Waals surface area contributed by atoms with Crippen molar-refractivity contribution in [1.29, 1.82) is 0 Å². The number of ether oxygens (including phenoxy) is 1. The van der Waals surface area contributed by atoms with Crippen LogP contribution in [0.2, 0.25) is 5.28 Å². The fourth-order valence-electron chi connectivity index (χ4n) is 1.89. The molecule has 2 unspecified atom stereocenters. The summed E-state index contributed by atoms with van der Waals surface area (Å²) in [4.78, 5) is 12.0. The number of nitrogens with zero attached hydrogens (tertiary/aromatic N) is 3. The lowest BCUT2D eigenvalue weighted by atomic mass is 10.0. The molecule has 94 valence electrons. The van der Waals surface area contributed by atoms with Crippen LogP contribution >= 0.6 is 11.6 Å². The predicted octanol–water partition coefficient (Wildman–Crippen LogP) is 1.09. The van der Waals surface area contributed by atoms with Gasteiger partial charge in [0.15, 0.2) is 0 Å². The number of rotatable bonds is 3. The molecule has 6 nitrogen and oxygen atoms in total. The molecule has 0 bridgehead atoms. The second-order valence-corrected chi connectivity index (χ2v) is 4.39. The van der Waals surface area contributed by atoms with E-state index in [9.17, 15) is 0 Å². The van der Waals surface area contributed by atoms with Crippen molar-refractivity contribution in [2.24, 2.45) is 0 Å². The Kier molecular flexibility index (Phi) is 3.96. The van der Waals surface area contributed by atoms with Gasteiger partial charge in [0, 0.05) is 12.1 Å². The minimum absolute atomic E-state index is 0.135. The zero-order valence-corrected chi connectivity index (χ0v) is 10.7.